The summed E-state index contributed by atoms with van der Waals surface area (Å²) in [5, 5.41) is 12.5. The minimum Gasteiger partial charge on any atom is -0.508 e. The molecule has 4 N–H and O–H groups in total. The van der Waals surface area contributed by atoms with Crippen molar-refractivity contribution in [3.8, 4) is 28.3 Å². The number of amides is 1. The lowest BCUT2D eigenvalue weighted by Gasteiger charge is -2.12. The van der Waals surface area contributed by atoms with E-state index in [0.29, 0.717) is 22.9 Å². The maximum atomic E-state index is 12.7. The number of anilines is 2. The van der Waals surface area contributed by atoms with E-state index in [2.05, 4.69) is 26.2 Å². The molecule has 0 aliphatic heterocycles. The predicted octanol–water partition coefficient (Wildman–Crippen LogP) is 5.04. The van der Waals surface area contributed by atoms with Crippen molar-refractivity contribution in [3.05, 3.63) is 89.0 Å². The number of benzene rings is 3. The Kier molecular flexibility index (Phi) is 5.95. The Morgan fingerprint density at radius 1 is 0.935 bits per heavy atom. The van der Waals surface area contributed by atoms with Crippen molar-refractivity contribution in [3.63, 3.8) is 0 Å². The highest BCUT2D eigenvalue weighted by Crippen LogP contribution is 2.29. The number of nitrogen functional groups attached to an aromatic ring is 1. The maximum Gasteiger partial charge on any atom is 0.230 e. The number of carbonyl (C=O) groups is 1. The van der Waals surface area contributed by atoms with Crippen molar-refractivity contribution < 1.29 is 9.90 Å². The van der Waals surface area contributed by atoms with Gasteiger partial charge in [-0.1, -0.05) is 40.2 Å². The number of rotatable bonds is 5. The summed E-state index contributed by atoms with van der Waals surface area (Å²) in [6.45, 7) is 0. The van der Waals surface area contributed by atoms with Gasteiger partial charge in [0.1, 0.15) is 11.4 Å². The summed E-state index contributed by atoms with van der Waals surface area (Å²) in [6, 6.07) is 21.5. The zero-order valence-electron chi connectivity index (χ0n) is 16.4. The number of hydrogen-bond donors (Lipinski definition) is 3. The zero-order chi connectivity index (χ0) is 21.8. The van der Waals surface area contributed by atoms with Gasteiger partial charge in [0.2, 0.25) is 5.91 Å². The van der Waals surface area contributed by atoms with Gasteiger partial charge in [-0.25, -0.2) is 9.97 Å². The Morgan fingerprint density at radius 2 is 1.58 bits per heavy atom. The average molecular weight is 475 g/mol. The molecule has 0 aliphatic rings. The smallest absolute Gasteiger partial charge is 0.230 e. The van der Waals surface area contributed by atoms with Gasteiger partial charge in [0.25, 0.3) is 0 Å². The summed E-state index contributed by atoms with van der Waals surface area (Å²) < 4.78 is 0.954. The van der Waals surface area contributed by atoms with Crippen molar-refractivity contribution >= 4 is 33.3 Å². The van der Waals surface area contributed by atoms with E-state index >= 15 is 0 Å². The Balaban J connectivity index is 1.67. The van der Waals surface area contributed by atoms with E-state index in [0.717, 1.165) is 21.2 Å². The topological polar surface area (TPSA) is 101 Å². The molecule has 7 heteroatoms. The number of hydrogen-bond acceptors (Lipinski definition) is 5. The molecule has 0 radical (unpaired) electrons. The Morgan fingerprint density at radius 3 is 2.26 bits per heavy atom. The van der Waals surface area contributed by atoms with E-state index in [9.17, 15) is 9.90 Å². The number of halogens is 1. The maximum absolute atomic E-state index is 12.7. The van der Waals surface area contributed by atoms with Gasteiger partial charge in [0.05, 0.1) is 18.3 Å². The summed E-state index contributed by atoms with van der Waals surface area (Å²) in [4.78, 5) is 21.9. The summed E-state index contributed by atoms with van der Waals surface area (Å²) in [5.41, 5.74) is 10.1. The van der Waals surface area contributed by atoms with Crippen LogP contribution in [0, 0.1) is 0 Å². The van der Waals surface area contributed by atoms with Crippen LogP contribution in [0.2, 0.25) is 0 Å². The lowest BCUT2D eigenvalue weighted by Crippen LogP contribution is -2.16. The molecule has 4 aromatic rings. The van der Waals surface area contributed by atoms with E-state index in [4.69, 9.17) is 10.7 Å². The molecular weight excluding hydrogens is 456 g/mol. The average Bonchev–Trinajstić information content (AvgIpc) is 2.77. The second-order valence-corrected chi connectivity index (χ2v) is 7.89. The molecular formula is C24H19BrN4O2. The summed E-state index contributed by atoms with van der Waals surface area (Å²) in [5.74, 6) is 0.302. The number of phenols is 1. The molecule has 0 atom stereocenters. The molecule has 4 rings (SSSR count). The highest BCUT2D eigenvalue weighted by atomic mass is 79.9. The minimum absolute atomic E-state index is 0.146. The van der Waals surface area contributed by atoms with Crippen molar-refractivity contribution in [1.29, 1.82) is 0 Å². The van der Waals surface area contributed by atoms with E-state index in [1.54, 1.807) is 42.6 Å². The molecule has 3 aromatic carbocycles. The summed E-state index contributed by atoms with van der Waals surface area (Å²) in [6.07, 6.45) is 1.83. The Bertz CT molecular complexity index is 1210. The minimum atomic E-state index is -0.197. The van der Waals surface area contributed by atoms with Crippen LogP contribution in [0.15, 0.2) is 83.5 Å². The number of phenolic OH excluding ortho intramolecular Hbond substituents is 1. The van der Waals surface area contributed by atoms with Crippen molar-refractivity contribution in [2.24, 2.45) is 0 Å². The molecule has 6 nitrogen and oxygen atoms in total. The third-order valence-corrected chi connectivity index (χ3v) is 5.18. The largest absolute Gasteiger partial charge is 0.508 e. The van der Waals surface area contributed by atoms with Gasteiger partial charge in [-0.05, 0) is 54.1 Å². The van der Waals surface area contributed by atoms with E-state index in [1.807, 2.05) is 36.4 Å². The third kappa shape index (κ3) is 5.07. The first-order valence-electron chi connectivity index (χ1n) is 9.54. The van der Waals surface area contributed by atoms with Crippen molar-refractivity contribution in [1.82, 2.24) is 9.97 Å². The van der Waals surface area contributed by atoms with Crippen LogP contribution in [0.4, 0.5) is 11.5 Å². The fraction of sp³-hybridized carbons (Fsp3) is 0.0417. The number of aromatic hydroxyl groups is 1. The molecule has 154 valence electrons. The van der Waals surface area contributed by atoms with Crippen LogP contribution in [0.25, 0.3) is 22.5 Å². The van der Waals surface area contributed by atoms with Gasteiger partial charge in [-0.2, -0.15) is 0 Å². The first-order chi connectivity index (χ1) is 15.0. The molecule has 0 saturated heterocycles. The monoisotopic (exact) mass is 474 g/mol. The molecule has 1 heterocycles. The number of carbonyl (C=O) groups excluding carboxylic acids is 1. The van der Waals surface area contributed by atoms with Gasteiger partial charge >= 0.3 is 0 Å². The highest BCUT2D eigenvalue weighted by Gasteiger charge is 2.14. The fourth-order valence-electron chi connectivity index (χ4n) is 3.06. The second kappa shape index (κ2) is 8.97. The quantitative estimate of drug-likeness (QED) is 0.351. The summed E-state index contributed by atoms with van der Waals surface area (Å²) >= 11 is 3.39. The molecule has 0 saturated carbocycles. The molecule has 1 amide bonds. The lowest BCUT2D eigenvalue weighted by molar-refractivity contribution is -0.115. The Labute approximate surface area is 187 Å². The molecule has 1 aromatic heterocycles. The molecule has 31 heavy (non-hydrogen) atoms. The van der Waals surface area contributed by atoms with Gasteiger partial charge in [-0.3, -0.25) is 4.79 Å². The van der Waals surface area contributed by atoms with Gasteiger partial charge in [0.15, 0.2) is 5.82 Å². The first-order valence-corrected chi connectivity index (χ1v) is 10.3. The molecule has 0 unspecified atom stereocenters. The first kappa shape index (κ1) is 20.6. The number of nitrogens with two attached hydrogens (primary N) is 1. The van der Waals surface area contributed by atoms with Crippen LogP contribution in [0.1, 0.15) is 5.56 Å². The zero-order valence-corrected chi connectivity index (χ0v) is 18.0. The van der Waals surface area contributed by atoms with Crippen molar-refractivity contribution in [2.75, 3.05) is 11.1 Å². The molecule has 0 aliphatic carbocycles. The summed E-state index contributed by atoms with van der Waals surface area (Å²) in [7, 11) is 0. The number of nitrogens with one attached hydrogen (secondary N) is 1. The molecule has 0 bridgehead atoms. The predicted molar refractivity (Wildman–Crippen MR) is 125 cm³/mol. The highest BCUT2D eigenvalue weighted by molar-refractivity contribution is 9.10. The third-order valence-electron chi connectivity index (χ3n) is 4.66. The van der Waals surface area contributed by atoms with Crippen LogP contribution in [0.3, 0.4) is 0 Å². The van der Waals surface area contributed by atoms with Gasteiger partial charge in [0, 0.05) is 21.3 Å². The fourth-order valence-corrected chi connectivity index (χ4v) is 3.32. The van der Waals surface area contributed by atoms with Crippen molar-refractivity contribution in [2.45, 2.75) is 6.42 Å². The SMILES string of the molecule is Nc1ccc(-c2cnc(NC(=O)Cc3ccc(Br)cc3)c(-c3ccc(O)cc3)n2)cc1. The standard InChI is InChI=1S/C24H19BrN4O2/c25-18-7-1-15(2-8-18)13-22(31)29-24-23(17-5-11-20(30)12-6-17)28-21(14-27-24)16-3-9-19(26)10-4-16/h1-12,14,30H,13,26H2,(H,27,29,31). The normalized spacial score (nSPS) is 10.6. The van der Waals surface area contributed by atoms with E-state index < -0.39 is 0 Å². The number of aromatic nitrogens is 2. The van der Waals surface area contributed by atoms with Crippen LogP contribution in [-0.4, -0.2) is 21.0 Å². The number of nitrogens with zero attached hydrogens (tertiary/aromatic N) is 2. The lowest BCUT2D eigenvalue weighted by atomic mass is 10.1. The van der Waals surface area contributed by atoms with Crippen LogP contribution in [-0.2, 0) is 11.2 Å². The second-order valence-electron chi connectivity index (χ2n) is 6.97. The van der Waals surface area contributed by atoms with Crippen LogP contribution in [0.5, 0.6) is 5.75 Å². The van der Waals surface area contributed by atoms with Gasteiger partial charge in [-0.15, -0.1) is 0 Å². The Hall–Kier alpha value is -3.71. The molecule has 0 fully saturated rings. The van der Waals surface area contributed by atoms with Crippen LogP contribution >= 0.6 is 15.9 Å². The van der Waals surface area contributed by atoms with E-state index in [1.165, 1.54) is 0 Å². The molecule has 0 spiro atoms. The van der Waals surface area contributed by atoms with E-state index in [-0.39, 0.29) is 18.1 Å². The van der Waals surface area contributed by atoms with Crippen LogP contribution < -0.4 is 11.1 Å². The van der Waals surface area contributed by atoms with Gasteiger partial charge < -0.3 is 16.2 Å².